The molecule has 0 bridgehead atoms. The fourth-order valence-corrected chi connectivity index (χ4v) is 3.12. The van der Waals surface area contributed by atoms with E-state index < -0.39 is 0 Å². The molecule has 0 aliphatic rings. The molecule has 0 aliphatic carbocycles. The predicted octanol–water partition coefficient (Wildman–Crippen LogP) is 5.59. The molecule has 0 saturated heterocycles. The number of rotatable bonds is 4. The van der Waals surface area contributed by atoms with Crippen LogP contribution in [0.1, 0.15) is 15.9 Å². The lowest BCUT2D eigenvalue weighted by atomic mass is 10.00. The van der Waals surface area contributed by atoms with E-state index in [4.69, 9.17) is 23.2 Å². The van der Waals surface area contributed by atoms with Crippen LogP contribution in [0.25, 0.3) is 11.1 Å². The lowest BCUT2D eigenvalue weighted by Gasteiger charge is -2.12. The Morgan fingerprint density at radius 3 is 2.12 bits per heavy atom. The second-order valence-corrected chi connectivity index (χ2v) is 6.12. The average Bonchev–Trinajstić information content (AvgIpc) is 2.61. The van der Waals surface area contributed by atoms with Gasteiger partial charge in [0, 0.05) is 6.54 Å². The van der Waals surface area contributed by atoms with Crippen LogP contribution in [0.4, 0.5) is 0 Å². The molecule has 2 nitrogen and oxygen atoms in total. The van der Waals surface area contributed by atoms with E-state index in [0.717, 1.165) is 16.7 Å². The van der Waals surface area contributed by atoms with Crippen LogP contribution in [-0.2, 0) is 6.54 Å². The minimum Gasteiger partial charge on any atom is -0.348 e. The van der Waals surface area contributed by atoms with Gasteiger partial charge in [-0.3, -0.25) is 4.79 Å². The van der Waals surface area contributed by atoms with Crippen LogP contribution in [0, 0.1) is 0 Å². The highest BCUT2D eigenvalue weighted by Gasteiger charge is 2.14. The maximum absolute atomic E-state index is 12.4. The van der Waals surface area contributed by atoms with E-state index in [1.165, 1.54) is 0 Å². The van der Waals surface area contributed by atoms with Crippen LogP contribution in [-0.4, -0.2) is 5.91 Å². The average molecular weight is 356 g/mol. The Bertz CT molecular complexity index is 842. The van der Waals surface area contributed by atoms with Crippen LogP contribution in [0.5, 0.6) is 0 Å². The van der Waals surface area contributed by atoms with Crippen molar-refractivity contribution in [3.05, 3.63) is 94.0 Å². The molecule has 4 heteroatoms. The molecule has 0 aromatic heterocycles. The minimum atomic E-state index is -0.284. The number of amides is 1. The van der Waals surface area contributed by atoms with Gasteiger partial charge in [0.05, 0.1) is 15.6 Å². The summed E-state index contributed by atoms with van der Waals surface area (Å²) in [4.78, 5) is 12.4. The Morgan fingerprint density at radius 2 is 1.42 bits per heavy atom. The predicted molar refractivity (Wildman–Crippen MR) is 99.5 cm³/mol. The van der Waals surface area contributed by atoms with E-state index in [1.807, 2.05) is 54.6 Å². The topological polar surface area (TPSA) is 29.1 Å². The molecule has 0 aliphatic heterocycles. The number of hydrogen-bond acceptors (Lipinski definition) is 1. The highest BCUT2D eigenvalue weighted by atomic mass is 35.5. The molecule has 0 unspecified atom stereocenters. The van der Waals surface area contributed by atoms with Gasteiger partial charge in [0.25, 0.3) is 5.91 Å². The summed E-state index contributed by atoms with van der Waals surface area (Å²) in [5.74, 6) is -0.284. The smallest absolute Gasteiger partial charge is 0.254 e. The van der Waals surface area contributed by atoms with Crippen molar-refractivity contribution in [2.45, 2.75) is 6.54 Å². The monoisotopic (exact) mass is 355 g/mol. The third kappa shape index (κ3) is 3.61. The molecule has 24 heavy (non-hydrogen) atoms. The molecule has 0 saturated carbocycles. The SMILES string of the molecule is O=C(NCc1ccccc1-c1ccccc1)c1c(Cl)cccc1Cl. The van der Waals surface area contributed by atoms with Gasteiger partial charge in [-0.15, -0.1) is 0 Å². The number of benzene rings is 3. The molecule has 1 amide bonds. The fourth-order valence-electron chi connectivity index (χ4n) is 2.55. The van der Waals surface area contributed by atoms with E-state index in [-0.39, 0.29) is 5.91 Å². The maximum atomic E-state index is 12.4. The van der Waals surface area contributed by atoms with E-state index in [0.29, 0.717) is 22.2 Å². The normalized spacial score (nSPS) is 10.4. The summed E-state index contributed by atoms with van der Waals surface area (Å²) in [7, 11) is 0. The third-order valence-corrected chi connectivity index (χ3v) is 4.36. The van der Waals surface area contributed by atoms with Gasteiger partial charge in [-0.1, -0.05) is 83.9 Å². The van der Waals surface area contributed by atoms with Crippen LogP contribution < -0.4 is 5.32 Å². The third-order valence-electron chi connectivity index (χ3n) is 3.73. The number of carbonyl (C=O) groups excluding carboxylic acids is 1. The van der Waals surface area contributed by atoms with Crippen LogP contribution in [0.3, 0.4) is 0 Å². The summed E-state index contributed by atoms with van der Waals surface area (Å²) in [6, 6.07) is 23.1. The molecule has 0 heterocycles. The fraction of sp³-hybridized carbons (Fsp3) is 0.0500. The quantitative estimate of drug-likeness (QED) is 0.649. The van der Waals surface area contributed by atoms with Gasteiger partial charge < -0.3 is 5.32 Å². The lowest BCUT2D eigenvalue weighted by molar-refractivity contribution is 0.0951. The Hall–Kier alpha value is -2.29. The number of halogens is 2. The zero-order valence-corrected chi connectivity index (χ0v) is 14.3. The summed E-state index contributed by atoms with van der Waals surface area (Å²) in [6.07, 6.45) is 0. The van der Waals surface area contributed by atoms with Gasteiger partial charge in [0.15, 0.2) is 0 Å². The molecule has 0 fully saturated rings. The Balaban J connectivity index is 1.82. The molecule has 3 aromatic carbocycles. The first-order valence-electron chi connectivity index (χ1n) is 7.52. The summed E-state index contributed by atoms with van der Waals surface area (Å²) in [6.45, 7) is 0.394. The van der Waals surface area contributed by atoms with Crippen molar-refractivity contribution in [1.82, 2.24) is 5.32 Å². The second kappa shape index (κ2) is 7.52. The summed E-state index contributed by atoms with van der Waals surface area (Å²) in [5, 5.41) is 3.59. The molecule has 120 valence electrons. The Morgan fingerprint density at radius 1 is 0.792 bits per heavy atom. The van der Waals surface area contributed by atoms with Crippen molar-refractivity contribution in [3.63, 3.8) is 0 Å². The van der Waals surface area contributed by atoms with Crippen molar-refractivity contribution < 1.29 is 4.79 Å². The second-order valence-electron chi connectivity index (χ2n) is 5.30. The Labute approximate surface area is 151 Å². The van der Waals surface area contributed by atoms with Crippen molar-refractivity contribution in [2.24, 2.45) is 0 Å². The minimum absolute atomic E-state index is 0.284. The van der Waals surface area contributed by atoms with E-state index in [2.05, 4.69) is 5.32 Å². The molecule has 3 rings (SSSR count). The van der Waals surface area contributed by atoms with Crippen molar-refractivity contribution in [3.8, 4) is 11.1 Å². The van der Waals surface area contributed by atoms with Crippen LogP contribution in [0.2, 0.25) is 10.0 Å². The molecule has 3 aromatic rings. The molecular weight excluding hydrogens is 341 g/mol. The van der Waals surface area contributed by atoms with Gasteiger partial charge in [-0.25, -0.2) is 0 Å². The van der Waals surface area contributed by atoms with Crippen molar-refractivity contribution in [2.75, 3.05) is 0 Å². The van der Waals surface area contributed by atoms with Crippen LogP contribution in [0.15, 0.2) is 72.8 Å². The van der Waals surface area contributed by atoms with E-state index >= 15 is 0 Å². The number of nitrogens with one attached hydrogen (secondary N) is 1. The summed E-state index contributed by atoms with van der Waals surface area (Å²) in [5.41, 5.74) is 3.53. The van der Waals surface area contributed by atoms with Crippen molar-refractivity contribution in [1.29, 1.82) is 0 Å². The molecule has 0 radical (unpaired) electrons. The van der Waals surface area contributed by atoms with Crippen molar-refractivity contribution >= 4 is 29.1 Å². The first-order chi connectivity index (χ1) is 11.7. The molecule has 0 atom stereocenters. The standard InChI is InChI=1S/C20H15Cl2NO/c21-17-11-6-12-18(22)19(17)20(24)23-13-15-9-4-5-10-16(15)14-7-2-1-3-8-14/h1-12H,13H2,(H,23,24). The zero-order valence-electron chi connectivity index (χ0n) is 12.8. The molecule has 1 N–H and O–H groups in total. The first kappa shape index (κ1) is 16.6. The first-order valence-corrected chi connectivity index (χ1v) is 8.28. The van der Waals surface area contributed by atoms with Gasteiger partial charge in [0.2, 0.25) is 0 Å². The highest BCUT2D eigenvalue weighted by molar-refractivity contribution is 6.39. The highest BCUT2D eigenvalue weighted by Crippen LogP contribution is 2.25. The number of carbonyl (C=O) groups is 1. The van der Waals surface area contributed by atoms with Gasteiger partial charge >= 0.3 is 0 Å². The van der Waals surface area contributed by atoms with Gasteiger partial charge in [-0.05, 0) is 28.8 Å². The van der Waals surface area contributed by atoms with Gasteiger partial charge in [-0.2, -0.15) is 0 Å². The largest absolute Gasteiger partial charge is 0.348 e. The van der Waals surface area contributed by atoms with E-state index in [9.17, 15) is 4.79 Å². The maximum Gasteiger partial charge on any atom is 0.254 e. The summed E-state index contributed by atoms with van der Waals surface area (Å²) >= 11 is 12.2. The van der Waals surface area contributed by atoms with Crippen LogP contribution >= 0.6 is 23.2 Å². The number of hydrogen-bond donors (Lipinski definition) is 1. The van der Waals surface area contributed by atoms with Gasteiger partial charge in [0.1, 0.15) is 0 Å². The molecular formula is C20H15Cl2NO. The zero-order chi connectivity index (χ0) is 16.9. The lowest BCUT2D eigenvalue weighted by Crippen LogP contribution is -2.23. The van der Waals surface area contributed by atoms with E-state index in [1.54, 1.807) is 18.2 Å². The Kier molecular flexibility index (Phi) is 5.19. The molecule has 0 spiro atoms. The summed E-state index contributed by atoms with van der Waals surface area (Å²) < 4.78 is 0.